The second kappa shape index (κ2) is 6.02. The van der Waals surface area contributed by atoms with Crippen LogP contribution < -0.4 is 5.32 Å². The highest BCUT2D eigenvalue weighted by atomic mass is 16.2. The number of hydrogen-bond acceptors (Lipinski definition) is 3. The SMILES string of the molecule is CC(CN1CCCCC1)NC(=O)C(C)(C)C#N. The maximum absolute atomic E-state index is 11.8. The monoisotopic (exact) mass is 237 g/mol. The van der Waals surface area contributed by atoms with Crippen molar-refractivity contribution in [1.29, 1.82) is 5.26 Å². The molecule has 0 aromatic heterocycles. The van der Waals surface area contributed by atoms with Crippen LogP contribution in [0.4, 0.5) is 0 Å². The van der Waals surface area contributed by atoms with Crippen LogP contribution in [-0.2, 0) is 4.79 Å². The maximum atomic E-state index is 11.8. The molecule has 1 aliphatic rings. The first-order valence-corrected chi connectivity index (χ1v) is 6.40. The molecule has 0 saturated carbocycles. The van der Waals surface area contributed by atoms with Gasteiger partial charge >= 0.3 is 0 Å². The number of rotatable bonds is 4. The van der Waals surface area contributed by atoms with E-state index in [4.69, 9.17) is 5.26 Å². The van der Waals surface area contributed by atoms with Gasteiger partial charge in [0.15, 0.2) is 0 Å². The van der Waals surface area contributed by atoms with Gasteiger partial charge in [0.1, 0.15) is 5.41 Å². The highest BCUT2D eigenvalue weighted by Gasteiger charge is 2.28. The summed E-state index contributed by atoms with van der Waals surface area (Å²) < 4.78 is 0. The van der Waals surface area contributed by atoms with E-state index in [2.05, 4.69) is 10.2 Å². The van der Waals surface area contributed by atoms with Gasteiger partial charge in [-0.1, -0.05) is 6.42 Å². The molecule has 0 spiro atoms. The van der Waals surface area contributed by atoms with Gasteiger partial charge < -0.3 is 10.2 Å². The van der Waals surface area contributed by atoms with Crippen molar-refractivity contribution in [3.63, 3.8) is 0 Å². The quantitative estimate of drug-likeness (QED) is 0.806. The van der Waals surface area contributed by atoms with Gasteiger partial charge in [0.05, 0.1) is 6.07 Å². The van der Waals surface area contributed by atoms with Crippen LogP contribution in [0.5, 0.6) is 0 Å². The van der Waals surface area contributed by atoms with E-state index in [0.717, 1.165) is 19.6 Å². The maximum Gasteiger partial charge on any atom is 0.240 e. The molecule has 1 unspecified atom stereocenters. The summed E-state index contributed by atoms with van der Waals surface area (Å²) in [6, 6.07) is 2.13. The zero-order valence-electron chi connectivity index (χ0n) is 11.1. The van der Waals surface area contributed by atoms with Gasteiger partial charge in [0, 0.05) is 12.6 Å². The first-order valence-electron chi connectivity index (χ1n) is 6.40. The molecule has 1 rings (SSSR count). The van der Waals surface area contributed by atoms with Gasteiger partial charge in [-0.05, 0) is 46.7 Å². The lowest BCUT2D eigenvalue weighted by Crippen LogP contribution is -2.47. The summed E-state index contributed by atoms with van der Waals surface area (Å²) in [6.07, 6.45) is 3.83. The molecule has 17 heavy (non-hydrogen) atoms. The summed E-state index contributed by atoms with van der Waals surface area (Å²) in [5.74, 6) is -0.176. The number of nitrogens with one attached hydrogen (secondary N) is 1. The lowest BCUT2D eigenvalue weighted by Gasteiger charge is -2.30. The van der Waals surface area contributed by atoms with Crippen LogP contribution in [0.3, 0.4) is 0 Å². The number of nitriles is 1. The zero-order chi connectivity index (χ0) is 12.9. The Bertz CT molecular complexity index is 300. The number of piperidine rings is 1. The fraction of sp³-hybridized carbons (Fsp3) is 0.846. The summed E-state index contributed by atoms with van der Waals surface area (Å²) >= 11 is 0. The van der Waals surface area contributed by atoms with Crippen molar-refractivity contribution >= 4 is 5.91 Å². The fourth-order valence-corrected chi connectivity index (χ4v) is 2.03. The Balaban J connectivity index is 2.36. The third-order valence-corrected chi connectivity index (χ3v) is 3.21. The molecular formula is C13H23N3O. The number of nitrogens with zero attached hydrogens (tertiary/aromatic N) is 2. The van der Waals surface area contributed by atoms with Crippen molar-refractivity contribution in [3.8, 4) is 6.07 Å². The Morgan fingerprint density at radius 3 is 2.53 bits per heavy atom. The van der Waals surface area contributed by atoms with E-state index >= 15 is 0 Å². The second-order valence-electron chi connectivity index (χ2n) is 5.47. The normalized spacial score (nSPS) is 19.4. The second-order valence-corrected chi connectivity index (χ2v) is 5.47. The van der Waals surface area contributed by atoms with Crippen molar-refractivity contribution in [2.24, 2.45) is 5.41 Å². The minimum absolute atomic E-state index is 0.105. The molecule has 1 atom stereocenters. The van der Waals surface area contributed by atoms with Crippen LogP contribution in [0.2, 0.25) is 0 Å². The molecule has 0 aliphatic carbocycles. The minimum Gasteiger partial charge on any atom is -0.351 e. The Morgan fingerprint density at radius 1 is 1.41 bits per heavy atom. The lowest BCUT2D eigenvalue weighted by atomic mass is 9.94. The molecule has 0 aromatic carbocycles. The Labute approximate surface area is 104 Å². The highest BCUT2D eigenvalue weighted by Crippen LogP contribution is 2.14. The number of amides is 1. The lowest BCUT2D eigenvalue weighted by molar-refractivity contribution is -0.127. The zero-order valence-corrected chi connectivity index (χ0v) is 11.1. The number of carbonyl (C=O) groups excluding carboxylic acids is 1. The van der Waals surface area contributed by atoms with Gasteiger partial charge in [-0.3, -0.25) is 4.79 Å². The van der Waals surface area contributed by atoms with Crippen LogP contribution in [0, 0.1) is 16.7 Å². The molecule has 0 radical (unpaired) electrons. The largest absolute Gasteiger partial charge is 0.351 e. The Hall–Kier alpha value is -1.08. The smallest absolute Gasteiger partial charge is 0.240 e. The third kappa shape index (κ3) is 4.35. The average molecular weight is 237 g/mol. The van der Waals surface area contributed by atoms with Gasteiger partial charge in [-0.15, -0.1) is 0 Å². The number of hydrogen-bond donors (Lipinski definition) is 1. The van der Waals surface area contributed by atoms with Crippen LogP contribution in [-0.4, -0.2) is 36.5 Å². The van der Waals surface area contributed by atoms with Gasteiger partial charge in [-0.25, -0.2) is 0 Å². The van der Waals surface area contributed by atoms with E-state index in [1.807, 2.05) is 13.0 Å². The predicted molar refractivity (Wildman–Crippen MR) is 67.3 cm³/mol. The molecule has 96 valence electrons. The Kier molecular flexibility index (Phi) is 4.95. The van der Waals surface area contributed by atoms with Crippen molar-refractivity contribution in [2.45, 2.75) is 46.1 Å². The summed E-state index contributed by atoms with van der Waals surface area (Å²) in [6.45, 7) is 8.43. The van der Waals surface area contributed by atoms with Crippen LogP contribution in [0.25, 0.3) is 0 Å². The first kappa shape index (κ1) is 14.0. The molecule has 0 bridgehead atoms. The first-order chi connectivity index (χ1) is 7.95. The summed E-state index contributed by atoms with van der Waals surface area (Å²) in [5.41, 5.74) is -0.934. The molecular weight excluding hydrogens is 214 g/mol. The molecule has 1 N–H and O–H groups in total. The molecule has 1 amide bonds. The molecule has 1 aliphatic heterocycles. The standard InChI is InChI=1S/C13H23N3O/c1-11(9-16-7-5-4-6-8-16)15-12(17)13(2,3)10-14/h11H,4-9H2,1-3H3,(H,15,17). The molecule has 1 saturated heterocycles. The molecule has 4 nitrogen and oxygen atoms in total. The van der Waals surface area contributed by atoms with E-state index in [0.29, 0.717) is 0 Å². The van der Waals surface area contributed by atoms with E-state index < -0.39 is 5.41 Å². The third-order valence-electron chi connectivity index (χ3n) is 3.21. The fourth-order valence-electron chi connectivity index (χ4n) is 2.03. The van der Waals surface area contributed by atoms with E-state index in [1.54, 1.807) is 13.8 Å². The van der Waals surface area contributed by atoms with E-state index in [9.17, 15) is 4.79 Å². The predicted octanol–water partition coefficient (Wildman–Crippen LogP) is 1.53. The minimum atomic E-state index is -0.934. The van der Waals surface area contributed by atoms with E-state index in [1.165, 1.54) is 19.3 Å². The van der Waals surface area contributed by atoms with Crippen LogP contribution in [0.1, 0.15) is 40.0 Å². The molecule has 1 heterocycles. The summed E-state index contributed by atoms with van der Waals surface area (Å²) in [7, 11) is 0. The average Bonchev–Trinajstić information content (AvgIpc) is 2.30. The van der Waals surface area contributed by atoms with Crippen molar-refractivity contribution in [2.75, 3.05) is 19.6 Å². The summed E-state index contributed by atoms with van der Waals surface area (Å²) in [5, 5.41) is 11.8. The van der Waals surface area contributed by atoms with Crippen LogP contribution in [0.15, 0.2) is 0 Å². The van der Waals surface area contributed by atoms with Crippen molar-refractivity contribution in [3.05, 3.63) is 0 Å². The molecule has 1 fully saturated rings. The van der Waals surface area contributed by atoms with Crippen molar-refractivity contribution < 1.29 is 4.79 Å². The Morgan fingerprint density at radius 2 is 2.00 bits per heavy atom. The van der Waals surface area contributed by atoms with Gasteiger partial charge in [0.25, 0.3) is 0 Å². The topological polar surface area (TPSA) is 56.1 Å². The highest BCUT2D eigenvalue weighted by molar-refractivity contribution is 5.84. The summed E-state index contributed by atoms with van der Waals surface area (Å²) in [4.78, 5) is 14.2. The molecule has 4 heteroatoms. The van der Waals surface area contributed by atoms with Gasteiger partial charge in [-0.2, -0.15) is 5.26 Å². The van der Waals surface area contributed by atoms with Crippen LogP contribution >= 0.6 is 0 Å². The van der Waals surface area contributed by atoms with Crippen molar-refractivity contribution in [1.82, 2.24) is 10.2 Å². The van der Waals surface area contributed by atoms with E-state index in [-0.39, 0.29) is 11.9 Å². The number of likely N-dealkylation sites (tertiary alicyclic amines) is 1. The number of carbonyl (C=O) groups is 1. The van der Waals surface area contributed by atoms with Gasteiger partial charge in [0.2, 0.25) is 5.91 Å². The molecule has 0 aromatic rings.